The summed E-state index contributed by atoms with van der Waals surface area (Å²) in [6, 6.07) is 11.8. The fourth-order valence-electron chi connectivity index (χ4n) is 3.81. The van der Waals surface area contributed by atoms with E-state index in [9.17, 15) is 4.79 Å². The molecule has 1 fully saturated rings. The molecule has 0 radical (unpaired) electrons. The van der Waals surface area contributed by atoms with Gasteiger partial charge in [-0.2, -0.15) is 0 Å². The minimum Gasteiger partial charge on any atom is -0.365 e. The van der Waals surface area contributed by atoms with Crippen molar-refractivity contribution in [2.45, 2.75) is 30.7 Å². The first-order chi connectivity index (χ1) is 16.1. The van der Waals surface area contributed by atoms with Gasteiger partial charge < -0.3 is 20.9 Å². The molecule has 1 saturated heterocycles. The Labute approximate surface area is 197 Å². The van der Waals surface area contributed by atoms with Crippen LogP contribution < -0.4 is 10.6 Å². The Hall–Kier alpha value is -3.46. The normalized spacial score (nSPS) is 15.7. The number of nitrogens with zero attached hydrogens (tertiary/aromatic N) is 4. The van der Waals surface area contributed by atoms with Gasteiger partial charge in [0.15, 0.2) is 0 Å². The van der Waals surface area contributed by atoms with Crippen LogP contribution in [0.4, 0.5) is 17.3 Å². The second-order valence-electron chi connectivity index (χ2n) is 7.91. The van der Waals surface area contributed by atoms with Crippen LogP contribution in [0, 0.1) is 12.3 Å². The summed E-state index contributed by atoms with van der Waals surface area (Å²) in [6.07, 6.45) is 8.21. The molecule has 1 atom stereocenters. The minimum absolute atomic E-state index is 0.0139. The maximum Gasteiger partial charge on any atom is 0.255 e. The van der Waals surface area contributed by atoms with Gasteiger partial charge in [-0.3, -0.25) is 9.78 Å². The van der Waals surface area contributed by atoms with Crippen molar-refractivity contribution in [2.24, 2.45) is 0 Å². The number of nitrogens with one attached hydrogen (secondary N) is 3. The molecule has 3 N–H and O–H groups in total. The zero-order chi connectivity index (χ0) is 23.2. The van der Waals surface area contributed by atoms with E-state index in [0.29, 0.717) is 35.9 Å². The van der Waals surface area contributed by atoms with Crippen molar-refractivity contribution in [2.75, 3.05) is 30.0 Å². The summed E-state index contributed by atoms with van der Waals surface area (Å²) >= 11 is 1.68. The summed E-state index contributed by atoms with van der Waals surface area (Å²) in [5.74, 6) is 1.13. The molecule has 0 aliphatic carbocycles. The van der Waals surface area contributed by atoms with Crippen LogP contribution in [0.2, 0.25) is 0 Å². The number of aryl methyl sites for hydroxylation is 1. The van der Waals surface area contributed by atoms with Crippen molar-refractivity contribution in [3.63, 3.8) is 0 Å². The molecule has 1 amide bonds. The summed E-state index contributed by atoms with van der Waals surface area (Å²) in [7, 11) is 0. The van der Waals surface area contributed by atoms with Crippen molar-refractivity contribution in [1.29, 1.82) is 5.41 Å². The number of likely N-dealkylation sites (tertiary alicyclic amines) is 1. The van der Waals surface area contributed by atoms with E-state index in [-0.39, 0.29) is 11.9 Å². The topological polar surface area (TPSA) is 107 Å². The van der Waals surface area contributed by atoms with E-state index >= 15 is 0 Å². The third-order valence-corrected chi connectivity index (χ3v) is 6.33. The first-order valence-corrected chi connectivity index (χ1v) is 12.0. The zero-order valence-electron chi connectivity index (χ0n) is 18.7. The van der Waals surface area contributed by atoms with Crippen LogP contribution in [-0.4, -0.2) is 57.4 Å². The fraction of sp³-hybridized carbons (Fsp3) is 0.292. The van der Waals surface area contributed by atoms with Crippen molar-refractivity contribution in [1.82, 2.24) is 19.9 Å². The number of carbonyl (C=O) groups excluding carboxylic acids is 1. The molecule has 1 unspecified atom stereocenters. The molecule has 4 rings (SSSR count). The summed E-state index contributed by atoms with van der Waals surface area (Å²) in [5.41, 5.74) is 2.96. The molecule has 3 heterocycles. The highest BCUT2D eigenvalue weighted by Crippen LogP contribution is 2.25. The predicted octanol–water partition coefficient (Wildman–Crippen LogP) is 4.36. The smallest absolute Gasteiger partial charge is 0.255 e. The Kier molecular flexibility index (Phi) is 7.19. The molecule has 1 aliphatic rings. The van der Waals surface area contributed by atoms with Gasteiger partial charge in [0, 0.05) is 47.8 Å². The number of amides is 1. The van der Waals surface area contributed by atoms with Gasteiger partial charge in [-0.15, -0.1) is 11.8 Å². The van der Waals surface area contributed by atoms with E-state index in [4.69, 9.17) is 5.41 Å². The quantitative estimate of drug-likeness (QED) is 0.354. The molecule has 3 aromatic rings. The maximum absolute atomic E-state index is 12.9. The SMILES string of the molecule is CSc1ccc(Nc2ncnc(NC3CCCN(C(=O)c4ccc(C)nc4)C3)c2C=N)cc1. The number of piperidine rings is 1. The van der Waals surface area contributed by atoms with E-state index in [0.717, 1.165) is 24.2 Å². The van der Waals surface area contributed by atoms with Crippen LogP contribution >= 0.6 is 11.8 Å². The Morgan fingerprint density at radius 2 is 1.94 bits per heavy atom. The molecule has 1 aliphatic heterocycles. The van der Waals surface area contributed by atoms with Crippen LogP contribution in [0.25, 0.3) is 0 Å². The number of rotatable bonds is 7. The molecule has 0 saturated carbocycles. The number of thioether (sulfide) groups is 1. The van der Waals surface area contributed by atoms with Gasteiger partial charge in [0.2, 0.25) is 0 Å². The first-order valence-electron chi connectivity index (χ1n) is 10.8. The highest BCUT2D eigenvalue weighted by molar-refractivity contribution is 7.98. The molecule has 0 bridgehead atoms. The molecule has 33 heavy (non-hydrogen) atoms. The van der Waals surface area contributed by atoms with Gasteiger partial charge in [-0.1, -0.05) is 0 Å². The van der Waals surface area contributed by atoms with Crippen molar-refractivity contribution in [3.05, 3.63) is 65.7 Å². The Morgan fingerprint density at radius 1 is 1.15 bits per heavy atom. The van der Waals surface area contributed by atoms with Gasteiger partial charge in [-0.05, 0) is 62.4 Å². The number of carbonyl (C=O) groups is 1. The van der Waals surface area contributed by atoms with Crippen LogP contribution in [0.5, 0.6) is 0 Å². The Balaban J connectivity index is 1.47. The number of anilines is 3. The summed E-state index contributed by atoms with van der Waals surface area (Å²) in [5, 5.41) is 14.7. The summed E-state index contributed by atoms with van der Waals surface area (Å²) < 4.78 is 0. The maximum atomic E-state index is 12.9. The van der Waals surface area contributed by atoms with Crippen LogP contribution in [0.3, 0.4) is 0 Å². The number of hydrogen-bond acceptors (Lipinski definition) is 8. The molecule has 2 aromatic heterocycles. The second-order valence-corrected chi connectivity index (χ2v) is 8.78. The zero-order valence-corrected chi connectivity index (χ0v) is 19.5. The lowest BCUT2D eigenvalue weighted by Crippen LogP contribution is -2.45. The number of benzene rings is 1. The summed E-state index contributed by atoms with van der Waals surface area (Å²) in [6.45, 7) is 3.18. The Bertz CT molecular complexity index is 1120. The first kappa shape index (κ1) is 22.7. The molecular weight excluding hydrogens is 434 g/mol. The molecular formula is C24H27N7OS. The van der Waals surface area contributed by atoms with E-state index in [2.05, 4.69) is 25.6 Å². The van der Waals surface area contributed by atoms with Crippen molar-refractivity contribution >= 4 is 41.2 Å². The van der Waals surface area contributed by atoms with E-state index < -0.39 is 0 Å². The highest BCUT2D eigenvalue weighted by Gasteiger charge is 2.25. The van der Waals surface area contributed by atoms with Crippen molar-refractivity contribution in [3.8, 4) is 0 Å². The third-order valence-electron chi connectivity index (χ3n) is 5.59. The lowest BCUT2D eigenvalue weighted by atomic mass is 10.0. The standard InChI is InChI=1S/C24H27N7OS/c1-16-5-6-17(13-26-16)24(32)31-11-3-4-19(14-31)30-23-21(12-25)22(27-15-28-23)29-18-7-9-20(33-2)10-8-18/h5-10,12-13,15,19,25H,3-4,11,14H2,1-2H3,(H2,27,28,29,30). The van der Waals surface area contributed by atoms with Crippen molar-refractivity contribution < 1.29 is 4.79 Å². The van der Waals surface area contributed by atoms with Gasteiger partial charge >= 0.3 is 0 Å². The van der Waals surface area contributed by atoms with Gasteiger partial charge in [0.1, 0.15) is 18.0 Å². The average molecular weight is 462 g/mol. The fourth-order valence-corrected chi connectivity index (χ4v) is 4.22. The molecule has 1 aromatic carbocycles. The second kappa shape index (κ2) is 10.4. The van der Waals surface area contributed by atoms with Crippen LogP contribution in [0.15, 0.2) is 53.8 Å². The monoisotopic (exact) mass is 461 g/mol. The van der Waals surface area contributed by atoms with E-state index in [1.165, 1.54) is 17.4 Å². The van der Waals surface area contributed by atoms with E-state index in [1.54, 1.807) is 18.0 Å². The third kappa shape index (κ3) is 5.48. The average Bonchev–Trinajstić information content (AvgIpc) is 2.85. The minimum atomic E-state index is -0.0139. The van der Waals surface area contributed by atoms with E-state index in [1.807, 2.05) is 54.5 Å². The van der Waals surface area contributed by atoms with Crippen LogP contribution in [0.1, 0.15) is 34.5 Å². The van der Waals surface area contributed by atoms with Gasteiger partial charge in [0.25, 0.3) is 5.91 Å². The summed E-state index contributed by atoms with van der Waals surface area (Å²) in [4.78, 5) is 28.9. The van der Waals surface area contributed by atoms with Gasteiger partial charge in [-0.25, -0.2) is 9.97 Å². The molecule has 9 heteroatoms. The van der Waals surface area contributed by atoms with Crippen LogP contribution in [-0.2, 0) is 0 Å². The highest BCUT2D eigenvalue weighted by atomic mass is 32.2. The Morgan fingerprint density at radius 3 is 2.64 bits per heavy atom. The number of aromatic nitrogens is 3. The largest absolute Gasteiger partial charge is 0.365 e. The lowest BCUT2D eigenvalue weighted by Gasteiger charge is -2.33. The number of pyridine rings is 1. The molecule has 170 valence electrons. The molecule has 0 spiro atoms. The molecule has 8 nitrogen and oxygen atoms in total. The predicted molar refractivity (Wildman–Crippen MR) is 133 cm³/mol. The number of hydrogen-bond donors (Lipinski definition) is 3. The van der Waals surface area contributed by atoms with Gasteiger partial charge in [0.05, 0.1) is 11.1 Å². The lowest BCUT2D eigenvalue weighted by molar-refractivity contribution is 0.0714.